The Hall–Kier alpha value is -0.0600. The van der Waals surface area contributed by atoms with Gasteiger partial charge in [-0.3, -0.25) is 0 Å². The molecule has 1 atom stereocenters. The largest absolute Gasteiger partial charge is 0.591 e. The van der Waals surface area contributed by atoms with E-state index in [1.54, 1.807) is 0 Å². The van der Waals surface area contributed by atoms with E-state index in [2.05, 4.69) is 4.40 Å². The first-order valence-corrected chi connectivity index (χ1v) is 6.52. The summed E-state index contributed by atoms with van der Waals surface area (Å²) in [6, 6.07) is 0. The second-order valence-corrected chi connectivity index (χ2v) is 7.42. The van der Waals surface area contributed by atoms with Crippen molar-refractivity contribution in [1.29, 1.82) is 0 Å². The van der Waals surface area contributed by atoms with Crippen LogP contribution >= 0.6 is 0 Å². The van der Waals surface area contributed by atoms with E-state index in [9.17, 15) is 9.66 Å². The molecular weight excluding hydrogens is 210 g/mol. The van der Waals surface area contributed by atoms with Crippen LogP contribution in [-0.2, 0) is 11.4 Å². The highest BCUT2D eigenvalue weighted by molar-refractivity contribution is 7.91. The topological polar surface area (TPSA) is 55.7 Å². The van der Waals surface area contributed by atoms with E-state index in [1.165, 1.54) is 0 Å². The molecular formula is C11H21NO2S. The summed E-state index contributed by atoms with van der Waals surface area (Å²) in [6.07, 6.45) is 3.00. The summed E-state index contributed by atoms with van der Waals surface area (Å²) in [4.78, 5) is 0. The molecule has 0 saturated heterocycles. The summed E-state index contributed by atoms with van der Waals surface area (Å²) in [5.41, 5.74) is 0.442. The molecule has 0 spiro atoms. The van der Waals surface area contributed by atoms with E-state index >= 15 is 0 Å². The summed E-state index contributed by atoms with van der Waals surface area (Å²) < 4.78 is 15.7. The van der Waals surface area contributed by atoms with Crippen molar-refractivity contribution in [2.45, 2.75) is 63.7 Å². The molecule has 4 heteroatoms. The second-order valence-electron chi connectivity index (χ2n) is 5.52. The van der Waals surface area contributed by atoms with Crippen molar-refractivity contribution in [2.24, 2.45) is 4.40 Å². The maximum atomic E-state index is 11.8. The van der Waals surface area contributed by atoms with Gasteiger partial charge in [-0.1, -0.05) is 4.40 Å². The van der Waals surface area contributed by atoms with Crippen LogP contribution in [0.4, 0.5) is 0 Å². The van der Waals surface area contributed by atoms with E-state index in [4.69, 9.17) is 0 Å². The summed E-state index contributed by atoms with van der Waals surface area (Å²) >= 11 is -1.15. The van der Waals surface area contributed by atoms with Gasteiger partial charge in [0.2, 0.25) is 0 Å². The minimum absolute atomic E-state index is 0.285. The smallest absolute Gasteiger partial charge is 0.144 e. The molecule has 88 valence electrons. The van der Waals surface area contributed by atoms with E-state index in [-0.39, 0.29) is 4.75 Å². The fourth-order valence-electron chi connectivity index (χ4n) is 1.42. The summed E-state index contributed by atoms with van der Waals surface area (Å²) in [5, 5.41) is 9.76. The van der Waals surface area contributed by atoms with E-state index in [0.717, 1.165) is 31.4 Å². The summed E-state index contributed by atoms with van der Waals surface area (Å²) in [7, 11) is 0. The van der Waals surface area contributed by atoms with Crippen LogP contribution in [0.5, 0.6) is 0 Å². The standard InChI is InChI=1S/C11H21NO2S/c1-10(2,3)15(14)12-9-5-7-11(4,13)8-6-9/h13H,5-8H2,1-4H3/t11?,15-/m0/s1. The van der Waals surface area contributed by atoms with Gasteiger partial charge in [0.1, 0.15) is 16.1 Å². The number of hydrogen-bond acceptors (Lipinski definition) is 3. The summed E-state index contributed by atoms with van der Waals surface area (Å²) in [6.45, 7) is 7.62. The van der Waals surface area contributed by atoms with Crippen LogP contribution in [0, 0.1) is 0 Å². The van der Waals surface area contributed by atoms with Gasteiger partial charge in [-0.25, -0.2) is 0 Å². The predicted molar refractivity (Wildman–Crippen MR) is 64.4 cm³/mol. The van der Waals surface area contributed by atoms with Crippen LogP contribution < -0.4 is 0 Å². The van der Waals surface area contributed by atoms with Crippen molar-refractivity contribution < 1.29 is 9.66 Å². The quantitative estimate of drug-likeness (QED) is 0.703. The molecule has 15 heavy (non-hydrogen) atoms. The molecule has 0 aromatic rings. The molecule has 0 aliphatic heterocycles. The lowest BCUT2D eigenvalue weighted by molar-refractivity contribution is 0.0399. The SMILES string of the molecule is CC1(O)CCC(=N[S@@+]([O-])C(C)(C)C)CC1. The van der Waals surface area contributed by atoms with Crippen LogP contribution in [0.15, 0.2) is 4.40 Å². The normalized spacial score (nSPS) is 30.1. The van der Waals surface area contributed by atoms with Crippen molar-refractivity contribution in [3.63, 3.8) is 0 Å². The highest BCUT2D eigenvalue weighted by Crippen LogP contribution is 2.27. The van der Waals surface area contributed by atoms with Crippen molar-refractivity contribution in [1.82, 2.24) is 0 Å². The van der Waals surface area contributed by atoms with Gasteiger partial charge in [0.15, 0.2) is 0 Å². The second kappa shape index (κ2) is 4.44. The molecule has 0 amide bonds. The maximum absolute atomic E-state index is 11.8. The number of hydrogen-bond donors (Lipinski definition) is 1. The third kappa shape index (κ3) is 4.13. The van der Waals surface area contributed by atoms with Crippen LogP contribution in [0.25, 0.3) is 0 Å². The van der Waals surface area contributed by atoms with Crippen LogP contribution in [0.3, 0.4) is 0 Å². The van der Waals surface area contributed by atoms with Crippen LogP contribution in [-0.4, -0.2) is 25.7 Å². The van der Waals surface area contributed by atoms with Crippen LogP contribution in [0.2, 0.25) is 0 Å². The Morgan fingerprint density at radius 1 is 1.33 bits per heavy atom. The van der Waals surface area contributed by atoms with Crippen molar-refractivity contribution in [3.8, 4) is 0 Å². The third-order valence-corrected chi connectivity index (χ3v) is 4.11. The Morgan fingerprint density at radius 2 is 1.80 bits per heavy atom. The monoisotopic (exact) mass is 231 g/mol. The van der Waals surface area contributed by atoms with Gasteiger partial charge < -0.3 is 9.66 Å². The van der Waals surface area contributed by atoms with E-state index < -0.39 is 17.0 Å². The number of nitrogens with zero attached hydrogens (tertiary/aromatic N) is 1. The van der Waals surface area contributed by atoms with Crippen molar-refractivity contribution in [3.05, 3.63) is 0 Å². The first-order chi connectivity index (χ1) is 6.71. The first-order valence-electron chi connectivity index (χ1n) is 5.41. The minimum atomic E-state index is -1.15. The average molecular weight is 231 g/mol. The lowest BCUT2D eigenvalue weighted by Crippen LogP contribution is -2.32. The molecule has 0 heterocycles. The fourth-order valence-corrected chi connectivity index (χ4v) is 2.11. The van der Waals surface area contributed by atoms with Gasteiger partial charge in [0.05, 0.1) is 11.3 Å². The molecule has 3 nitrogen and oxygen atoms in total. The molecule has 0 unspecified atom stereocenters. The van der Waals surface area contributed by atoms with E-state index in [1.807, 2.05) is 27.7 Å². The van der Waals surface area contributed by atoms with Gasteiger partial charge in [0.25, 0.3) is 0 Å². The fraction of sp³-hybridized carbons (Fsp3) is 0.909. The lowest BCUT2D eigenvalue weighted by atomic mass is 9.85. The minimum Gasteiger partial charge on any atom is -0.591 e. The Bertz CT molecular complexity index is 244. The molecule has 1 saturated carbocycles. The van der Waals surface area contributed by atoms with Gasteiger partial charge in [-0.05, 0) is 53.4 Å². The number of aliphatic hydroxyl groups is 1. The Morgan fingerprint density at radius 3 is 2.20 bits per heavy atom. The Labute approximate surface area is 95.3 Å². The molecule has 0 radical (unpaired) electrons. The van der Waals surface area contributed by atoms with Gasteiger partial charge in [0, 0.05) is 0 Å². The third-order valence-electron chi connectivity index (χ3n) is 2.64. The van der Waals surface area contributed by atoms with Crippen molar-refractivity contribution >= 4 is 17.1 Å². The van der Waals surface area contributed by atoms with Gasteiger partial charge in [-0.2, -0.15) is 0 Å². The molecule has 0 aromatic carbocycles. The van der Waals surface area contributed by atoms with Gasteiger partial charge in [-0.15, -0.1) is 0 Å². The zero-order chi connectivity index (χ0) is 11.7. The highest BCUT2D eigenvalue weighted by atomic mass is 32.2. The van der Waals surface area contributed by atoms with Gasteiger partial charge >= 0.3 is 0 Å². The number of rotatable bonds is 1. The molecule has 1 aliphatic rings. The molecule has 1 aliphatic carbocycles. The molecule has 1 N–H and O–H groups in total. The Kier molecular flexibility index (Phi) is 3.85. The molecule has 0 bridgehead atoms. The maximum Gasteiger partial charge on any atom is 0.144 e. The zero-order valence-electron chi connectivity index (χ0n) is 10.0. The van der Waals surface area contributed by atoms with Crippen LogP contribution in [0.1, 0.15) is 53.4 Å². The molecule has 0 aromatic heterocycles. The zero-order valence-corrected chi connectivity index (χ0v) is 10.9. The average Bonchev–Trinajstić information content (AvgIpc) is 2.07. The highest BCUT2D eigenvalue weighted by Gasteiger charge is 2.30. The lowest BCUT2D eigenvalue weighted by Gasteiger charge is -2.28. The van der Waals surface area contributed by atoms with E-state index in [0.29, 0.717) is 0 Å². The molecule has 1 fully saturated rings. The van der Waals surface area contributed by atoms with Crippen molar-refractivity contribution in [2.75, 3.05) is 0 Å². The first kappa shape index (κ1) is 13.0. The molecule has 1 rings (SSSR count). The summed E-state index contributed by atoms with van der Waals surface area (Å²) in [5.74, 6) is 0. The predicted octanol–water partition coefficient (Wildman–Crippen LogP) is 2.21. The Balaban J connectivity index is 2.57.